The Bertz CT molecular complexity index is 1310. The van der Waals surface area contributed by atoms with E-state index >= 15 is 0 Å². The third-order valence-electron chi connectivity index (χ3n) is 5.42. The van der Waals surface area contributed by atoms with Crippen LogP contribution in [0.5, 0.6) is 5.88 Å². The van der Waals surface area contributed by atoms with E-state index in [0.29, 0.717) is 28.2 Å². The molecule has 4 rings (SSSR count). The molecule has 0 aliphatic rings. The molecule has 3 heterocycles. The van der Waals surface area contributed by atoms with E-state index in [9.17, 15) is 4.79 Å². The summed E-state index contributed by atoms with van der Waals surface area (Å²) < 4.78 is 11.6. The molecule has 0 amide bonds. The lowest BCUT2D eigenvalue weighted by atomic mass is 9.99. The molecule has 1 aromatic carbocycles. The summed E-state index contributed by atoms with van der Waals surface area (Å²) in [6, 6.07) is 11.3. The van der Waals surface area contributed by atoms with E-state index in [4.69, 9.17) is 9.15 Å². The lowest BCUT2D eigenvalue weighted by Gasteiger charge is -2.20. The van der Waals surface area contributed by atoms with E-state index in [1.807, 2.05) is 51.1 Å². The molecule has 0 saturated heterocycles. The summed E-state index contributed by atoms with van der Waals surface area (Å²) in [5, 5.41) is 4.08. The number of hydrogen-bond donors (Lipinski definition) is 1. The third kappa shape index (κ3) is 3.89. The predicted molar refractivity (Wildman–Crippen MR) is 123 cm³/mol. The van der Waals surface area contributed by atoms with Gasteiger partial charge in [0.15, 0.2) is 5.43 Å². The zero-order valence-electron chi connectivity index (χ0n) is 18.3. The molecule has 0 radical (unpaired) electrons. The molecular formula is C25H25N3O3. The van der Waals surface area contributed by atoms with Crippen molar-refractivity contribution < 1.29 is 9.15 Å². The average molecular weight is 415 g/mol. The fourth-order valence-corrected chi connectivity index (χ4v) is 3.78. The van der Waals surface area contributed by atoms with E-state index in [1.54, 1.807) is 26.4 Å². The van der Waals surface area contributed by atoms with Gasteiger partial charge in [-0.15, -0.1) is 0 Å². The highest BCUT2D eigenvalue weighted by atomic mass is 16.5. The van der Waals surface area contributed by atoms with Crippen molar-refractivity contribution in [2.45, 2.75) is 33.7 Å². The SMILES string of the molecule is COc1ccc(NC(C)c2cc(C)cc3c(=O)c(C)c(-c4cccnc4)oc23)c(C)n1. The Morgan fingerprint density at radius 3 is 2.61 bits per heavy atom. The first-order valence-corrected chi connectivity index (χ1v) is 10.2. The summed E-state index contributed by atoms with van der Waals surface area (Å²) in [6.07, 6.45) is 3.41. The van der Waals surface area contributed by atoms with Crippen LogP contribution in [0.2, 0.25) is 0 Å². The van der Waals surface area contributed by atoms with Gasteiger partial charge in [-0.1, -0.05) is 6.07 Å². The Balaban J connectivity index is 1.85. The number of methoxy groups -OCH3 is 1. The van der Waals surface area contributed by atoms with Crippen LogP contribution < -0.4 is 15.5 Å². The Kier molecular flexibility index (Phi) is 5.46. The van der Waals surface area contributed by atoms with Crippen LogP contribution >= 0.6 is 0 Å². The van der Waals surface area contributed by atoms with Gasteiger partial charge in [-0.2, -0.15) is 0 Å². The minimum atomic E-state index is -0.121. The van der Waals surface area contributed by atoms with Gasteiger partial charge < -0.3 is 14.5 Å². The highest BCUT2D eigenvalue weighted by Crippen LogP contribution is 2.32. The van der Waals surface area contributed by atoms with Gasteiger partial charge in [0.1, 0.15) is 11.3 Å². The number of rotatable bonds is 5. The zero-order valence-corrected chi connectivity index (χ0v) is 18.3. The van der Waals surface area contributed by atoms with Crippen molar-refractivity contribution in [2.24, 2.45) is 0 Å². The van der Waals surface area contributed by atoms with Crippen LogP contribution in [0, 0.1) is 20.8 Å². The molecule has 0 aliphatic carbocycles. The highest BCUT2D eigenvalue weighted by molar-refractivity contribution is 5.84. The molecule has 1 N–H and O–H groups in total. The van der Waals surface area contributed by atoms with E-state index in [-0.39, 0.29) is 11.5 Å². The molecule has 0 spiro atoms. The first kappa shape index (κ1) is 20.6. The summed E-state index contributed by atoms with van der Waals surface area (Å²) >= 11 is 0. The Labute approximate surface area is 180 Å². The van der Waals surface area contributed by atoms with Crippen molar-refractivity contribution in [2.75, 3.05) is 12.4 Å². The van der Waals surface area contributed by atoms with Crippen LogP contribution in [0.3, 0.4) is 0 Å². The van der Waals surface area contributed by atoms with Gasteiger partial charge in [0.05, 0.1) is 29.9 Å². The lowest BCUT2D eigenvalue weighted by molar-refractivity contribution is 0.397. The second-order valence-corrected chi connectivity index (χ2v) is 7.71. The fourth-order valence-electron chi connectivity index (χ4n) is 3.78. The van der Waals surface area contributed by atoms with Crippen LogP contribution in [0.25, 0.3) is 22.3 Å². The van der Waals surface area contributed by atoms with Crippen molar-refractivity contribution in [3.05, 3.63) is 81.4 Å². The van der Waals surface area contributed by atoms with Crippen molar-refractivity contribution in [3.8, 4) is 17.2 Å². The lowest BCUT2D eigenvalue weighted by Crippen LogP contribution is -2.13. The van der Waals surface area contributed by atoms with Crippen molar-refractivity contribution in [1.82, 2.24) is 9.97 Å². The number of hydrogen-bond acceptors (Lipinski definition) is 6. The number of fused-ring (bicyclic) bond motifs is 1. The highest BCUT2D eigenvalue weighted by Gasteiger charge is 2.19. The first-order valence-electron chi connectivity index (χ1n) is 10.2. The van der Waals surface area contributed by atoms with E-state index < -0.39 is 0 Å². The topological polar surface area (TPSA) is 77.2 Å². The minimum absolute atomic E-state index is 0.0282. The molecule has 0 aliphatic heterocycles. The van der Waals surface area contributed by atoms with E-state index in [0.717, 1.165) is 28.1 Å². The van der Waals surface area contributed by atoms with Gasteiger partial charge in [-0.3, -0.25) is 9.78 Å². The molecular weight excluding hydrogens is 390 g/mol. The molecule has 0 saturated carbocycles. The number of anilines is 1. The number of benzene rings is 1. The standard InChI is InChI=1S/C25H25N3O3/c1-14-11-19(16(3)27-21-8-9-22(30-5)28-17(21)4)25-20(12-14)23(29)15(2)24(31-25)18-7-6-10-26-13-18/h6-13,16,27H,1-5H3. The number of aromatic nitrogens is 2. The van der Waals surface area contributed by atoms with Gasteiger partial charge in [0, 0.05) is 35.2 Å². The fraction of sp³-hybridized carbons (Fsp3) is 0.240. The molecule has 6 heteroatoms. The van der Waals surface area contributed by atoms with Gasteiger partial charge in [0.2, 0.25) is 5.88 Å². The molecule has 4 aromatic rings. The summed E-state index contributed by atoms with van der Waals surface area (Å²) in [7, 11) is 1.60. The molecule has 0 bridgehead atoms. The van der Waals surface area contributed by atoms with Crippen molar-refractivity contribution >= 4 is 16.7 Å². The van der Waals surface area contributed by atoms with Crippen molar-refractivity contribution in [3.63, 3.8) is 0 Å². The quantitative estimate of drug-likeness (QED) is 0.473. The maximum absolute atomic E-state index is 13.2. The largest absolute Gasteiger partial charge is 0.481 e. The van der Waals surface area contributed by atoms with Gasteiger partial charge in [0.25, 0.3) is 0 Å². The maximum Gasteiger partial charge on any atom is 0.213 e. The number of nitrogens with zero attached hydrogens (tertiary/aromatic N) is 2. The predicted octanol–water partition coefficient (Wildman–Crippen LogP) is 5.36. The molecule has 3 aromatic heterocycles. The number of ether oxygens (including phenoxy) is 1. The van der Waals surface area contributed by atoms with Crippen molar-refractivity contribution in [1.29, 1.82) is 0 Å². The molecule has 0 fully saturated rings. The summed E-state index contributed by atoms with van der Waals surface area (Å²) in [5.74, 6) is 1.12. The van der Waals surface area contributed by atoms with Gasteiger partial charge in [-0.05, 0) is 57.5 Å². The first-order chi connectivity index (χ1) is 14.9. The van der Waals surface area contributed by atoms with Gasteiger partial charge in [-0.25, -0.2) is 4.98 Å². The molecule has 1 atom stereocenters. The molecule has 6 nitrogen and oxygen atoms in total. The molecule has 1 unspecified atom stereocenters. The van der Waals surface area contributed by atoms with Crippen LogP contribution in [0.15, 0.2) is 58.0 Å². The van der Waals surface area contributed by atoms with Crippen LogP contribution in [-0.4, -0.2) is 17.1 Å². The summed E-state index contributed by atoms with van der Waals surface area (Å²) in [4.78, 5) is 21.8. The molecule has 31 heavy (non-hydrogen) atoms. The Hall–Kier alpha value is -3.67. The average Bonchev–Trinajstić information content (AvgIpc) is 2.78. The normalized spacial score (nSPS) is 12.0. The van der Waals surface area contributed by atoms with E-state index in [1.165, 1.54) is 0 Å². The number of pyridine rings is 2. The monoisotopic (exact) mass is 415 g/mol. The minimum Gasteiger partial charge on any atom is -0.481 e. The summed E-state index contributed by atoms with van der Waals surface area (Å²) in [6.45, 7) is 7.75. The van der Waals surface area contributed by atoms with Crippen LogP contribution in [0.4, 0.5) is 5.69 Å². The second-order valence-electron chi connectivity index (χ2n) is 7.71. The maximum atomic E-state index is 13.2. The van der Waals surface area contributed by atoms with Crippen LogP contribution in [-0.2, 0) is 0 Å². The third-order valence-corrected chi connectivity index (χ3v) is 5.42. The summed E-state index contributed by atoms with van der Waals surface area (Å²) in [5.41, 5.74) is 5.54. The van der Waals surface area contributed by atoms with E-state index in [2.05, 4.69) is 21.4 Å². The number of aryl methyl sites for hydroxylation is 2. The Morgan fingerprint density at radius 1 is 1.13 bits per heavy atom. The zero-order chi connectivity index (χ0) is 22.1. The number of nitrogens with one attached hydrogen (secondary N) is 1. The van der Waals surface area contributed by atoms with Crippen LogP contribution in [0.1, 0.15) is 35.3 Å². The second kappa shape index (κ2) is 8.22. The Morgan fingerprint density at radius 2 is 1.94 bits per heavy atom. The van der Waals surface area contributed by atoms with Gasteiger partial charge >= 0.3 is 0 Å². The molecule has 158 valence electrons. The smallest absolute Gasteiger partial charge is 0.213 e.